The average molecular weight is 190 g/mol. The molecular weight excluding hydrogens is 180 g/mol. The van der Waals surface area contributed by atoms with Gasteiger partial charge in [0.05, 0.1) is 16.0 Å². The summed E-state index contributed by atoms with van der Waals surface area (Å²) in [7, 11) is 0. The summed E-state index contributed by atoms with van der Waals surface area (Å²) in [6.07, 6.45) is 2.46. The summed E-state index contributed by atoms with van der Waals surface area (Å²) in [6.45, 7) is 1.92. The number of H-pyrrole nitrogens is 1. The van der Waals surface area contributed by atoms with Gasteiger partial charge in [-0.1, -0.05) is 6.92 Å². The Morgan fingerprint density at radius 1 is 1.43 bits per heavy atom. The molecule has 0 fully saturated rings. The van der Waals surface area contributed by atoms with E-state index in [4.69, 9.17) is 0 Å². The average Bonchev–Trinajstić information content (AvgIpc) is 2.63. The molecule has 0 saturated carbocycles. The number of nitro benzene ring substituents is 1. The highest BCUT2D eigenvalue weighted by Gasteiger charge is 2.15. The predicted octanol–water partition coefficient (Wildman–Crippen LogP) is 2.64. The lowest BCUT2D eigenvalue weighted by atomic mass is 10.1. The number of nitrogens with zero attached hydrogens (tertiary/aromatic N) is 1. The summed E-state index contributed by atoms with van der Waals surface area (Å²) in [5.74, 6) is 0. The molecule has 0 radical (unpaired) electrons. The zero-order chi connectivity index (χ0) is 10.1. The van der Waals surface area contributed by atoms with Crippen LogP contribution in [0.4, 0.5) is 5.69 Å². The molecule has 0 bridgehead atoms. The van der Waals surface area contributed by atoms with Gasteiger partial charge in [-0.15, -0.1) is 0 Å². The minimum atomic E-state index is -0.334. The number of fused-ring (bicyclic) bond motifs is 1. The molecule has 0 spiro atoms. The van der Waals surface area contributed by atoms with Crippen LogP contribution in [0.25, 0.3) is 10.9 Å². The highest BCUT2D eigenvalue weighted by Crippen LogP contribution is 2.26. The molecule has 0 aliphatic carbocycles. The fraction of sp³-hybridized carbons (Fsp3) is 0.200. The lowest BCUT2D eigenvalue weighted by Gasteiger charge is -2.01. The quantitative estimate of drug-likeness (QED) is 0.584. The maximum atomic E-state index is 10.7. The van der Waals surface area contributed by atoms with Gasteiger partial charge in [-0.25, -0.2) is 0 Å². The number of hydrogen-bond acceptors (Lipinski definition) is 2. The smallest absolute Gasteiger partial charge is 0.274 e. The zero-order valence-corrected chi connectivity index (χ0v) is 7.78. The Labute approximate surface area is 80.7 Å². The molecule has 72 valence electrons. The number of nitro groups is 1. The van der Waals surface area contributed by atoms with Crippen LogP contribution in [0, 0.1) is 10.1 Å². The fourth-order valence-electron chi connectivity index (χ4n) is 1.71. The third kappa shape index (κ3) is 1.16. The Bertz CT molecular complexity index is 488. The molecule has 4 heteroatoms. The standard InChI is InChI=1S/C10H10N2O2/c1-2-8-9(12(13)14)4-3-7-5-6-11-10(7)8/h3-6,11H,2H2,1H3. The van der Waals surface area contributed by atoms with Gasteiger partial charge in [-0.3, -0.25) is 10.1 Å². The first kappa shape index (κ1) is 8.74. The Balaban J connectivity index is 2.78. The highest BCUT2D eigenvalue weighted by molar-refractivity contribution is 5.85. The molecule has 0 aliphatic rings. The summed E-state index contributed by atoms with van der Waals surface area (Å²) >= 11 is 0. The maximum absolute atomic E-state index is 10.7. The van der Waals surface area contributed by atoms with E-state index in [1.54, 1.807) is 18.3 Å². The summed E-state index contributed by atoms with van der Waals surface area (Å²) in [5, 5.41) is 11.8. The summed E-state index contributed by atoms with van der Waals surface area (Å²) < 4.78 is 0. The van der Waals surface area contributed by atoms with E-state index in [-0.39, 0.29) is 10.6 Å². The van der Waals surface area contributed by atoms with Gasteiger partial charge in [0.25, 0.3) is 5.69 Å². The number of rotatable bonds is 2. The molecule has 2 aromatic rings. The van der Waals surface area contributed by atoms with Gasteiger partial charge in [0.2, 0.25) is 0 Å². The molecule has 1 aromatic heterocycles. The second-order valence-corrected chi connectivity index (χ2v) is 3.12. The van der Waals surface area contributed by atoms with Crippen molar-refractivity contribution in [2.75, 3.05) is 0 Å². The van der Waals surface area contributed by atoms with Crippen LogP contribution in [0.15, 0.2) is 24.4 Å². The van der Waals surface area contributed by atoms with Crippen molar-refractivity contribution in [1.29, 1.82) is 0 Å². The number of hydrogen-bond donors (Lipinski definition) is 1. The van der Waals surface area contributed by atoms with Crippen LogP contribution in [0.3, 0.4) is 0 Å². The van der Waals surface area contributed by atoms with Crippen molar-refractivity contribution < 1.29 is 4.92 Å². The molecule has 0 atom stereocenters. The molecule has 1 N–H and O–H groups in total. The normalized spacial score (nSPS) is 10.6. The lowest BCUT2D eigenvalue weighted by molar-refractivity contribution is -0.385. The molecule has 14 heavy (non-hydrogen) atoms. The van der Waals surface area contributed by atoms with Crippen molar-refractivity contribution in [3.05, 3.63) is 40.1 Å². The van der Waals surface area contributed by atoms with Gasteiger partial charge in [0.1, 0.15) is 0 Å². The van der Waals surface area contributed by atoms with Crippen LogP contribution in [0.1, 0.15) is 12.5 Å². The topological polar surface area (TPSA) is 58.9 Å². The summed E-state index contributed by atoms with van der Waals surface area (Å²) in [6, 6.07) is 5.25. The van der Waals surface area contributed by atoms with Crippen LogP contribution in [-0.2, 0) is 6.42 Å². The van der Waals surface area contributed by atoms with E-state index < -0.39 is 0 Å². The van der Waals surface area contributed by atoms with E-state index in [2.05, 4.69) is 4.98 Å². The highest BCUT2D eigenvalue weighted by atomic mass is 16.6. The van der Waals surface area contributed by atoms with Crippen LogP contribution in [0.5, 0.6) is 0 Å². The van der Waals surface area contributed by atoms with Crippen molar-refractivity contribution in [2.45, 2.75) is 13.3 Å². The molecule has 0 saturated heterocycles. The van der Waals surface area contributed by atoms with E-state index in [1.165, 1.54) is 0 Å². The Morgan fingerprint density at radius 3 is 2.86 bits per heavy atom. The number of aryl methyl sites for hydroxylation is 1. The second-order valence-electron chi connectivity index (χ2n) is 3.12. The van der Waals surface area contributed by atoms with Crippen molar-refractivity contribution in [1.82, 2.24) is 4.98 Å². The largest absolute Gasteiger partial charge is 0.361 e. The summed E-state index contributed by atoms with van der Waals surface area (Å²) in [5.41, 5.74) is 1.85. The molecule has 0 amide bonds. The number of nitrogens with one attached hydrogen (secondary N) is 1. The minimum absolute atomic E-state index is 0.197. The monoisotopic (exact) mass is 190 g/mol. The first-order chi connectivity index (χ1) is 6.74. The van der Waals surface area contributed by atoms with E-state index in [1.807, 2.05) is 13.0 Å². The molecule has 1 aromatic carbocycles. The van der Waals surface area contributed by atoms with Gasteiger partial charge in [-0.05, 0) is 18.6 Å². The molecular formula is C10H10N2O2. The molecule has 0 aliphatic heterocycles. The van der Waals surface area contributed by atoms with Crippen LogP contribution in [-0.4, -0.2) is 9.91 Å². The van der Waals surface area contributed by atoms with E-state index >= 15 is 0 Å². The molecule has 0 unspecified atom stereocenters. The minimum Gasteiger partial charge on any atom is -0.361 e. The number of benzene rings is 1. The molecule has 2 rings (SSSR count). The van der Waals surface area contributed by atoms with E-state index in [9.17, 15) is 10.1 Å². The van der Waals surface area contributed by atoms with Gasteiger partial charge in [0.15, 0.2) is 0 Å². The third-order valence-electron chi connectivity index (χ3n) is 2.36. The fourth-order valence-corrected chi connectivity index (χ4v) is 1.71. The Kier molecular flexibility index (Phi) is 1.96. The second kappa shape index (κ2) is 3.14. The van der Waals surface area contributed by atoms with Crippen LogP contribution in [0.2, 0.25) is 0 Å². The van der Waals surface area contributed by atoms with Crippen molar-refractivity contribution in [3.63, 3.8) is 0 Å². The Morgan fingerprint density at radius 2 is 2.21 bits per heavy atom. The van der Waals surface area contributed by atoms with Crippen LogP contribution >= 0.6 is 0 Å². The molecule has 1 heterocycles. The molecule has 4 nitrogen and oxygen atoms in total. The predicted molar refractivity (Wildman–Crippen MR) is 54.3 cm³/mol. The van der Waals surface area contributed by atoms with Gasteiger partial charge in [-0.2, -0.15) is 0 Å². The number of aromatic nitrogens is 1. The van der Waals surface area contributed by atoms with Crippen LogP contribution < -0.4 is 0 Å². The SMILES string of the molecule is CCc1c([N+](=O)[O-])ccc2cc[nH]c12. The van der Waals surface area contributed by atoms with Gasteiger partial charge in [0, 0.05) is 17.6 Å². The summed E-state index contributed by atoms with van der Waals surface area (Å²) in [4.78, 5) is 13.4. The first-order valence-electron chi connectivity index (χ1n) is 4.47. The van der Waals surface area contributed by atoms with Crippen molar-refractivity contribution in [2.24, 2.45) is 0 Å². The van der Waals surface area contributed by atoms with E-state index in [0.717, 1.165) is 16.5 Å². The first-order valence-corrected chi connectivity index (χ1v) is 4.47. The van der Waals surface area contributed by atoms with Crippen molar-refractivity contribution >= 4 is 16.6 Å². The lowest BCUT2D eigenvalue weighted by Crippen LogP contribution is -1.94. The van der Waals surface area contributed by atoms with Gasteiger partial charge < -0.3 is 4.98 Å². The van der Waals surface area contributed by atoms with Crippen molar-refractivity contribution in [3.8, 4) is 0 Å². The number of aromatic amines is 1. The van der Waals surface area contributed by atoms with E-state index in [0.29, 0.717) is 6.42 Å². The zero-order valence-electron chi connectivity index (χ0n) is 7.78. The maximum Gasteiger partial charge on any atom is 0.274 e. The third-order valence-corrected chi connectivity index (χ3v) is 2.36. The Hall–Kier alpha value is -1.84. The van der Waals surface area contributed by atoms with Gasteiger partial charge >= 0.3 is 0 Å².